The molecule has 5 rings (SSSR count). The van der Waals surface area contributed by atoms with Gasteiger partial charge in [0, 0.05) is 10.4 Å². The average Bonchev–Trinajstić information content (AvgIpc) is 3.40. The van der Waals surface area contributed by atoms with E-state index in [0.717, 1.165) is 53.1 Å². The summed E-state index contributed by atoms with van der Waals surface area (Å²) in [4.78, 5) is 33.3. The summed E-state index contributed by atoms with van der Waals surface area (Å²) in [7, 11) is 0. The minimum atomic E-state index is -0.316. The van der Waals surface area contributed by atoms with Crippen molar-refractivity contribution < 1.29 is 4.79 Å². The molecule has 7 nitrogen and oxygen atoms in total. The van der Waals surface area contributed by atoms with E-state index in [1.54, 1.807) is 11.3 Å². The first-order chi connectivity index (χ1) is 15.1. The van der Waals surface area contributed by atoms with E-state index >= 15 is 0 Å². The molecule has 3 aromatic heterocycles. The van der Waals surface area contributed by atoms with Crippen molar-refractivity contribution in [2.45, 2.75) is 45.6 Å². The molecule has 0 aliphatic heterocycles. The highest BCUT2D eigenvalue weighted by Crippen LogP contribution is 2.34. The number of benzene rings is 1. The Labute approximate surface area is 186 Å². The second kappa shape index (κ2) is 8.32. The van der Waals surface area contributed by atoms with Crippen molar-refractivity contribution in [2.75, 3.05) is 5.32 Å². The number of aryl methyl sites for hydroxylation is 3. The molecule has 0 saturated heterocycles. The van der Waals surface area contributed by atoms with Gasteiger partial charge in [-0.05, 0) is 37.7 Å². The summed E-state index contributed by atoms with van der Waals surface area (Å²) in [5, 5.41) is 12.8. The van der Waals surface area contributed by atoms with Crippen LogP contribution in [0.3, 0.4) is 0 Å². The normalized spacial score (nSPS) is 13.3. The summed E-state index contributed by atoms with van der Waals surface area (Å²) in [6.07, 6.45) is 4.87. The zero-order chi connectivity index (χ0) is 21.4. The van der Waals surface area contributed by atoms with Crippen molar-refractivity contribution in [1.82, 2.24) is 19.7 Å². The lowest BCUT2D eigenvalue weighted by Crippen LogP contribution is -2.30. The van der Waals surface area contributed by atoms with E-state index < -0.39 is 0 Å². The fraction of sp³-hybridized carbons (Fsp3) is 0.318. The van der Waals surface area contributed by atoms with Crippen LogP contribution in [0.15, 0.2) is 35.1 Å². The first-order valence-electron chi connectivity index (χ1n) is 10.4. The van der Waals surface area contributed by atoms with Crippen LogP contribution in [0, 0.1) is 0 Å². The van der Waals surface area contributed by atoms with Crippen LogP contribution in [0.2, 0.25) is 0 Å². The molecule has 1 aliphatic carbocycles. The highest BCUT2D eigenvalue weighted by Gasteiger charge is 2.23. The number of hydrogen-bond donors (Lipinski definition) is 1. The Balaban J connectivity index is 1.59. The van der Waals surface area contributed by atoms with Gasteiger partial charge in [-0.25, -0.2) is 4.98 Å². The Hall–Kier alpha value is -2.91. The van der Waals surface area contributed by atoms with Crippen LogP contribution in [0.25, 0.3) is 21.6 Å². The molecule has 3 heterocycles. The minimum absolute atomic E-state index is 0.127. The standard InChI is InChI=1S/C22H21N5O2S2/c1-2-17-25-26-22(31-17)23-16(28)12-27-19(13-8-4-3-5-9-13)24-20-18(21(27)29)14-10-6-7-11-15(14)30-20/h3-5,8-9H,2,6-7,10-12H2,1H3,(H,23,26,28). The van der Waals surface area contributed by atoms with Gasteiger partial charge in [-0.15, -0.1) is 21.5 Å². The highest BCUT2D eigenvalue weighted by molar-refractivity contribution is 7.18. The van der Waals surface area contributed by atoms with E-state index in [0.29, 0.717) is 16.3 Å². The monoisotopic (exact) mass is 451 g/mol. The van der Waals surface area contributed by atoms with Gasteiger partial charge in [0.25, 0.3) is 5.56 Å². The Morgan fingerprint density at radius 1 is 1.13 bits per heavy atom. The van der Waals surface area contributed by atoms with E-state index in [4.69, 9.17) is 4.98 Å². The lowest BCUT2D eigenvalue weighted by molar-refractivity contribution is -0.116. The quantitative estimate of drug-likeness (QED) is 0.494. The summed E-state index contributed by atoms with van der Waals surface area (Å²) in [5.41, 5.74) is 1.78. The van der Waals surface area contributed by atoms with Gasteiger partial charge in [0.15, 0.2) is 0 Å². The number of hydrogen-bond acceptors (Lipinski definition) is 7. The largest absolute Gasteiger partial charge is 0.299 e. The zero-order valence-electron chi connectivity index (χ0n) is 17.1. The molecule has 0 saturated carbocycles. The van der Waals surface area contributed by atoms with Crippen molar-refractivity contribution in [3.63, 3.8) is 0 Å². The summed E-state index contributed by atoms with van der Waals surface area (Å²) in [5.74, 6) is 0.196. The lowest BCUT2D eigenvalue weighted by atomic mass is 9.97. The second-order valence-corrected chi connectivity index (χ2v) is 9.63. The Morgan fingerprint density at radius 2 is 1.94 bits per heavy atom. The van der Waals surface area contributed by atoms with Crippen LogP contribution in [0.5, 0.6) is 0 Å². The average molecular weight is 452 g/mol. The second-order valence-electron chi connectivity index (χ2n) is 7.49. The molecular formula is C22H21N5O2S2. The van der Waals surface area contributed by atoms with Crippen molar-refractivity contribution in [2.24, 2.45) is 0 Å². The number of anilines is 1. The summed E-state index contributed by atoms with van der Waals surface area (Å²) in [6, 6.07) is 9.55. The molecule has 1 aromatic carbocycles. The number of rotatable bonds is 5. The maximum absolute atomic E-state index is 13.6. The van der Waals surface area contributed by atoms with Gasteiger partial charge in [0.2, 0.25) is 11.0 Å². The van der Waals surface area contributed by atoms with E-state index in [9.17, 15) is 9.59 Å². The minimum Gasteiger partial charge on any atom is -0.299 e. The lowest BCUT2D eigenvalue weighted by Gasteiger charge is -2.13. The van der Waals surface area contributed by atoms with Gasteiger partial charge >= 0.3 is 0 Å². The molecule has 0 spiro atoms. The van der Waals surface area contributed by atoms with E-state index in [1.807, 2.05) is 37.3 Å². The number of nitrogens with one attached hydrogen (secondary N) is 1. The van der Waals surface area contributed by atoms with Crippen LogP contribution in [0.4, 0.5) is 5.13 Å². The summed E-state index contributed by atoms with van der Waals surface area (Å²) >= 11 is 2.96. The maximum Gasteiger partial charge on any atom is 0.263 e. The first-order valence-corrected chi connectivity index (χ1v) is 12.0. The predicted octanol–water partition coefficient (Wildman–Crippen LogP) is 4.06. The molecule has 1 N–H and O–H groups in total. The number of thiophene rings is 1. The van der Waals surface area contributed by atoms with Crippen LogP contribution < -0.4 is 10.9 Å². The fourth-order valence-electron chi connectivity index (χ4n) is 3.94. The number of carbonyl (C=O) groups is 1. The molecule has 0 atom stereocenters. The highest BCUT2D eigenvalue weighted by atomic mass is 32.1. The third-order valence-electron chi connectivity index (χ3n) is 5.42. The van der Waals surface area contributed by atoms with Crippen LogP contribution in [0.1, 0.15) is 35.2 Å². The molecule has 9 heteroatoms. The van der Waals surface area contributed by atoms with Crippen molar-refractivity contribution in [3.05, 3.63) is 56.1 Å². The summed E-state index contributed by atoms with van der Waals surface area (Å²) < 4.78 is 1.50. The number of aromatic nitrogens is 4. The van der Waals surface area contributed by atoms with Gasteiger partial charge < -0.3 is 0 Å². The third-order valence-corrected chi connectivity index (χ3v) is 7.59. The van der Waals surface area contributed by atoms with Crippen LogP contribution in [-0.2, 0) is 30.6 Å². The maximum atomic E-state index is 13.6. The molecule has 0 bridgehead atoms. The number of nitrogens with zero attached hydrogens (tertiary/aromatic N) is 4. The van der Waals surface area contributed by atoms with Crippen molar-refractivity contribution in [3.8, 4) is 11.4 Å². The number of carbonyl (C=O) groups excluding carboxylic acids is 1. The molecule has 158 valence electrons. The molecule has 4 aromatic rings. The number of fused-ring (bicyclic) bond motifs is 3. The molecule has 31 heavy (non-hydrogen) atoms. The Kier molecular flexibility index (Phi) is 5.37. The molecule has 1 aliphatic rings. The van der Waals surface area contributed by atoms with Gasteiger partial charge in [-0.3, -0.25) is 19.5 Å². The summed E-state index contributed by atoms with van der Waals surface area (Å²) in [6.45, 7) is 1.86. The smallest absolute Gasteiger partial charge is 0.263 e. The van der Waals surface area contributed by atoms with Gasteiger partial charge in [-0.1, -0.05) is 48.6 Å². The van der Waals surface area contributed by atoms with E-state index in [2.05, 4.69) is 15.5 Å². The third kappa shape index (κ3) is 3.79. The van der Waals surface area contributed by atoms with Gasteiger partial charge in [0.1, 0.15) is 22.2 Å². The molecular weight excluding hydrogens is 430 g/mol. The predicted molar refractivity (Wildman–Crippen MR) is 124 cm³/mol. The van der Waals surface area contributed by atoms with Gasteiger partial charge in [0.05, 0.1) is 5.39 Å². The topological polar surface area (TPSA) is 89.8 Å². The van der Waals surface area contributed by atoms with Crippen molar-refractivity contribution in [1.29, 1.82) is 0 Å². The van der Waals surface area contributed by atoms with Crippen molar-refractivity contribution >= 4 is 43.9 Å². The Morgan fingerprint density at radius 3 is 2.71 bits per heavy atom. The van der Waals surface area contributed by atoms with E-state index in [1.165, 1.54) is 20.8 Å². The molecule has 0 radical (unpaired) electrons. The first kappa shape index (κ1) is 20.0. The van der Waals surface area contributed by atoms with Crippen LogP contribution in [-0.4, -0.2) is 25.7 Å². The molecule has 0 fully saturated rings. The fourth-order valence-corrected chi connectivity index (χ4v) is 5.89. The molecule has 0 unspecified atom stereocenters. The van der Waals surface area contributed by atoms with Crippen LogP contribution >= 0.6 is 22.7 Å². The molecule has 1 amide bonds. The zero-order valence-corrected chi connectivity index (χ0v) is 18.7. The SMILES string of the molecule is CCc1nnc(NC(=O)Cn2c(-c3ccccc3)nc3sc4c(c3c2=O)CCCC4)s1. The Bertz CT molecular complexity index is 1320. The number of amides is 1. The van der Waals surface area contributed by atoms with Gasteiger partial charge in [-0.2, -0.15) is 0 Å². The van der Waals surface area contributed by atoms with E-state index in [-0.39, 0.29) is 18.0 Å².